The molecular weight excluding hydrogens is 336 g/mol. The fraction of sp³-hybridized carbons (Fsp3) is 0.316. The Kier molecular flexibility index (Phi) is 5.88. The highest BCUT2D eigenvalue weighted by atomic mass is 32.1. The van der Waals surface area contributed by atoms with E-state index in [0.717, 1.165) is 29.2 Å². The SMILES string of the molecule is CCCCn1c(-c2cccs2)csc1=Nc1ccccc1OCC. The molecule has 0 aliphatic rings. The van der Waals surface area contributed by atoms with Crippen LogP contribution in [0.5, 0.6) is 5.75 Å². The molecule has 0 N–H and O–H groups in total. The Morgan fingerprint density at radius 2 is 1.96 bits per heavy atom. The Hall–Kier alpha value is -1.85. The number of para-hydroxylation sites is 2. The Labute approximate surface area is 150 Å². The third-order valence-electron chi connectivity index (χ3n) is 3.69. The summed E-state index contributed by atoms with van der Waals surface area (Å²) in [6.45, 7) is 5.85. The van der Waals surface area contributed by atoms with Gasteiger partial charge in [0.2, 0.25) is 0 Å². The van der Waals surface area contributed by atoms with E-state index in [-0.39, 0.29) is 0 Å². The van der Waals surface area contributed by atoms with Gasteiger partial charge >= 0.3 is 0 Å². The molecule has 0 fully saturated rings. The van der Waals surface area contributed by atoms with E-state index in [4.69, 9.17) is 9.73 Å². The number of hydrogen-bond acceptors (Lipinski definition) is 4. The average Bonchev–Trinajstić information content (AvgIpc) is 3.24. The standard InChI is InChI=1S/C19H22N2OS2/c1-3-5-12-21-16(18-11-8-13-23-18)14-24-19(21)20-15-9-6-7-10-17(15)22-4-2/h6-11,13-14H,3-5,12H2,1-2H3. The van der Waals surface area contributed by atoms with Gasteiger partial charge in [-0.3, -0.25) is 0 Å². The molecule has 0 saturated heterocycles. The van der Waals surface area contributed by atoms with Crippen molar-refractivity contribution in [1.29, 1.82) is 0 Å². The molecule has 0 unspecified atom stereocenters. The summed E-state index contributed by atoms with van der Waals surface area (Å²) < 4.78 is 8.05. The van der Waals surface area contributed by atoms with Crippen LogP contribution in [0.3, 0.4) is 0 Å². The number of ether oxygens (including phenoxy) is 1. The molecule has 0 saturated carbocycles. The first kappa shape index (κ1) is 17.0. The van der Waals surface area contributed by atoms with Crippen LogP contribution in [0.1, 0.15) is 26.7 Å². The minimum Gasteiger partial charge on any atom is -0.492 e. The number of thiophene rings is 1. The van der Waals surface area contributed by atoms with Gasteiger partial charge in [0.05, 0.1) is 17.2 Å². The molecule has 3 aromatic rings. The number of aromatic nitrogens is 1. The molecule has 24 heavy (non-hydrogen) atoms. The summed E-state index contributed by atoms with van der Waals surface area (Å²) >= 11 is 3.47. The van der Waals surface area contributed by atoms with Crippen molar-refractivity contribution in [3.05, 3.63) is 52.0 Å². The quantitative estimate of drug-likeness (QED) is 0.531. The van der Waals surface area contributed by atoms with Crippen molar-refractivity contribution < 1.29 is 4.74 Å². The first-order valence-electron chi connectivity index (χ1n) is 8.32. The molecule has 0 atom stereocenters. The van der Waals surface area contributed by atoms with Crippen LogP contribution in [-0.4, -0.2) is 11.2 Å². The van der Waals surface area contributed by atoms with E-state index >= 15 is 0 Å². The van der Waals surface area contributed by atoms with Gasteiger partial charge in [-0.05, 0) is 36.9 Å². The van der Waals surface area contributed by atoms with Crippen LogP contribution in [0, 0.1) is 0 Å². The molecule has 3 nitrogen and oxygen atoms in total. The predicted molar refractivity (Wildman–Crippen MR) is 103 cm³/mol. The van der Waals surface area contributed by atoms with Gasteiger partial charge in [0.1, 0.15) is 11.4 Å². The summed E-state index contributed by atoms with van der Waals surface area (Å²) in [6.07, 6.45) is 2.32. The van der Waals surface area contributed by atoms with Crippen LogP contribution >= 0.6 is 22.7 Å². The number of rotatable bonds is 7. The van der Waals surface area contributed by atoms with Gasteiger partial charge in [-0.2, -0.15) is 0 Å². The summed E-state index contributed by atoms with van der Waals surface area (Å²) in [6, 6.07) is 12.3. The highest BCUT2D eigenvalue weighted by Gasteiger charge is 2.09. The lowest BCUT2D eigenvalue weighted by molar-refractivity contribution is 0.341. The normalized spacial score (nSPS) is 11.8. The molecule has 1 aromatic carbocycles. The first-order valence-corrected chi connectivity index (χ1v) is 10.1. The zero-order chi connectivity index (χ0) is 16.8. The maximum absolute atomic E-state index is 5.71. The number of benzene rings is 1. The number of hydrogen-bond donors (Lipinski definition) is 0. The minimum absolute atomic E-state index is 0.646. The zero-order valence-electron chi connectivity index (χ0n) is 14.1. The second kappa shape index (κ2) is 8.31. The molecule has 2 aromatic heterocycles. The molecular formula is C19H22N2OS2. The second-order valence-electron chi connectivity index (χ2n) is 5.40. The van der Waals surface area contributed by atoms with Crippen molar-refractivity contribution >= 4 is 28.4 Å². The summed E-state index contributed by atoms with van der Waals surface area (Å²) in [7, 11) is 0. The molecule has 5 heteroatoms. The van der Waals surface area contributed by atoms with Crippen LogP contribution in [0.2, 0.25) is 0 Å². The molecule has 2 heterocycles. The van der Waals surface area contributed by atoms with E-state index in [0.29, 0.717) is 6.61 Å². The van der Waals surface area contributed by atoms with Crippen LogP contribution in [0.15, 0.2) is 52.2 Å². The highest BCUT2D eigenvalue weighted by Crippen LogP contribution is 2.28. The maximum atomic E-state index is 5.71. The van der Waals surface area contributed by atoms with E-state index in [1.165, 1.54) is 17.0 Å². The molecule has 0 amide bonds. The first-order chi connectivity index (χ1) is 11.8. The largest absolute Gasteiger partial charge is 0.492 e. The van der Waals surface area contributed by atoms with Crippen molar-refractivity contribution in [1.82, 2.24) is 4.57 Å². The Morgan fingerprint density at radius 3 is 2.71 bits per heavy atom. The molecule has 126 valence electrons. The molecule has 3 rings (SSSR count). The minimum atomic E-state index is 0.646. The fourth-order valence-corrected chi connectivity index (χ4v) is 4.27. The number of unbranched alkanes of at least 4 members (excludes halogenated alkanes) is 1. The van der Waals surface area contributed by atoms with E-state index in [1.54, 1.807) is 22.7 Å². The van der Waals surface area contributed by atoms with Crippen LogP contribution < -0.4 is 9.54 Å². The van der Waals surface area contributed by atoms with Crippen molar-refractivity contribution in [2.45, 2.75) is 33.2 Å². The van der Waals surface area contributed by atoms with Crippen molar-refractivity contribution in [3.8, 4) is 16.3 Å². The van der Waals surface area contributed by atoms with E-state index < -0.39 is 0 Å². The van der Waals surface area contributed by atoms with Gasteiger partial charge < -0.3 is 9.30 Å². The van der Waals surface area contributed by atoms with Gasteiger partial charge in [-0.25, -0.2) is 4.99 Å². The Morgan fingerprint density at radius 1 is 1.08 bits per heavy atom. The number of thiazole rings is 1. The van der Waals surface area contributed by atoms with Crippen LogP contribution in [0.25, 0.3) is 10.6 Å². The third kappa shape index (κ3) is 3.79. The summed E-state index contributed by atoms with van der Waals surface area (Å²) in [4.78, 5) is 7.22. The predicted octanol–water partition coefficient (Wildman–Crippen LogP) is 5.71. The topological polar surface area (TPSA) is 26.5 Å². The van der Waals surface area contributed by atoms with Crippen molar-refractivity contribution in [2.75, 3.05) is 6.61 Å². The van der Waals surface area contributed by atoms with E-state index in [9.17, 15) is 0 Å². The molecule has 0 aliphatic heterocycles. The third-order valence-corrected chi connectivity index (χ3v) is 5.44. The van der Waals surface area contributed by atoms with Crippen molar-refractivity contribution in [3.63, 3.8) is 0 Å². The Balaban J connectivity index is 2.07. The smallest absolute Gasteiger partial charge is 0.190 e. The summed E-state index contributed by atoms with van der Waals surface area (Å²) in [5.74, 6) is 0.841. The van der Waals surface area contributed by atoms with Gasteiger partial charge in [0.15, 0.2) is 4.80 Å². The maximum Gasteiger partial charge on any atom is 0.190 e. The lowest BCUT2D eigenvalue weighted by Gasteiger charge is -2.08. The van der Waals surface area contributed by atoms with Gasteiger partial charge in [-0.1, -0.05) is 31.5 Å². The summed E-state index contributed by atoms with van der Waals surface area (Å²) in [5, 5.41) is 4.34. The molecule has 0 radical (unpaired) electrons. The van der Waals surface area contributed by atoms with E-state index in [1.807, 2.05) is 31.2 Å². The second-order valence-corrected chi connectivity index (χ2v) is 7.18. The van der Waals surface area contributed by atoms with Gasteiger partial charge in [0, 0.05) is 11.9 Å². The van der Waals surface area contributed by atoms with Crippen LogP contribution in [-0.2, 0) is 6.54 Å². The highest BCUT2D eigenvalue weighted by molar-refractivity contribution is 7.14. The lowest BCUT2D eigenvalue weighted by Crippen LogP contribution is -2.15. The average molecular weight is 359 g/mol. The molecule has 0 bridgehead atoms. The number of nitrogens with zero attached hydrogens (tertiary/aromatic N) is 2. The van der Waals surface area contributed by atoms with Crippen LogP contribution in [0.4, 0.5) is 5.69 Å². The molecule has 0 aliphatic carbocycles. The van der Waals surface area contributed by atoms with Gasteiger partial charge in [0.25, 0.3) is 0 Å². The van der Waals surface area contributed by atoms with Gasteiger partial charge in [-0.15, -0.1) is 22.7 Å². The lowest BCUT2D eigenvalue weighted by atomic mass is 10.3. The van der Waals surface area contributed by atoms with E-state index in [2.05, 4.69) is 34.4 Å². The zero-order valence-corrected chi connectivity index (χ0v) is 15.7. The Bertz CT molecular complexity index is 831. The monoisotopic (exact) mass is 358 g/mol. The molecule has 0 spiro atoms. The summed E-state index contributed by atoms with van der Waals surface area (Å²) in [5.41, 5.74) is 2.15. The van der Waals surface area contributed by atoms with Crippen molar-refractivity contribution in [2.24, 2.45) is 4.99 Å². The fourth-order valence-electron chi connectivity index (χ4n) is 2.50.